The highest BCUT2D eigenvalue weighted by atomic mass is 16.5. The molecule has 0 amide bonds. The van der Waals surface area contributed by atoms with Crippen molar-refractivity contribution >= 4 is 0 Å². The number of nitrogens with zero attached hydrogens (tertiary/aromatic N) is 2. The molecule has 0 unspecified atom stereocenters. The van der Waals surface area contributed by atoms with Crippen LogP contribution in [0.25, 0.3) is 0 Å². The molecule has 5 nitrogen and oxygen atoms in total. The van der Waals surface area contributed by atoms with Gasteiger partial charge in [0.1, 0.15) is 18.5 Å². The van der Waals surface area contributed by atoms with Gasteiger partial charge < -0.3 is 19.5 Å². The zero-order chi connectivity index (χ0) is 21.9. The average Bonchev–Trinajstić information content (AvgIpc) is 2.78. The zero-order valence-corrected chi connectivity index (χ0v) is 19.1. The predicted molar refractivity (Wildman–Crippen MR) is 125 cm³/mol. The lowest BCUT2D eigenvalue weighted by Gasteiger charge is -2.25. The van der Waals surface area contributed by atoms with Gasteiger partial charge in [-0.3, -0.25) is 4.90 Å². The number of aliphatic hydroxyl groups excluding tert-OH is 1. The third-order valence-corrected chi connectivity index (χ3v) is 5.90. The number of benzene rings is 2. The van der Waals surface area contributed by atoms with Gasteiger partial charge in [-0.2, -0.15) is 0 Å². The molecule has 170 valence electrons. The van der Waals surface area contributed by atoms with Gasteiger partial charge in [-0.15, -0.1) is 0 Å². The summed E-state index contributed by atoms with van der Waals surface area (Å²) in [4.78, 5) is 4.50. The molecule has 0 bridgehead atoms. The third kappa shape index (κ3) is 8.99. The van der Waals surface area contributed by atoms with Gasteiger partial charge >= 0.3 is 0 Å². The maximum atomic E-state index is 10.3. The summed E-state index contributed by atoms with van der Waals surface area (Å²) < 4.78 is 11.3. The predicted octanol–water partition coefficient (Wildman–Crippen LogP) is 3.81. The van der Waals surface area contributed by atoms with Crippen LogP contribution < -0.4 is 4.74 Å². The van der Waals surface area contributed by atoms with Gasteiger partial charge in [-0.25, -0.2) is 0 Å². The van der Waals surface area contributed by atoms with Crippen LogP contribution >= 0.6 is 0 Å². The number of hydrogen-bond donors (Lipinski definition) is 1. The van der Waals surface area contributed by atoms with Crippen LogP contribution in [0.4, 0.5) is 0 Å². The van der Waals surface area contributed by atoms with Gasteiger partial charge in [-0.05, 0) is 69.1 Å². The molecular formula is C26H38N2O3. The molecule has 2 aromatic carbocycles. The van der Waals surface area contributed by atoms with Crippen LogP contribution in [0, 0.1) is 5.92 Å². The van der Waals surface area contributed by atoms with Crippen LogP contribution in [0.2, 0.25) is 0 Å². The maximum absolute atomic E-state index is 10.3. The standard InChI is InChI=1S/C26H38N2O3/c1-27(15-12-22-13-16-30-17-14-22)18-24-8-10-26(11-9-24)31-21-25(29)20-28(2)19-23-6-4-3-5-7-23/h3-11,22,25,29H,12-21H2,1-2H3/t25-/m1/s1. The van der Waals surface area contributed by atoms with E-state index in [1.807, 2.05) is 37.4 Å². The Kier molecular flexibility index (Phi) is 9.82. The fourth-order valence-electron chi connectivity index (χ4n) is 4.08. The summed E-state index contributed by atoms with van der Waals surface area (Å²) in [6, 6.07) is 18.5. The first kappa shape index (κ1) is 23.7. The summed E-state index contributed by atoms with van der Waals surface area (Å²) in [7, 11) is 4.20. The van der Waals surface area contributed by atoms with Crippen LogP contribution in [0.5, 0.6) is 5.75 Å². The molecule has 0 saturated carbocycles. The van der Waals surface area contributed by atoms with Crippen molar-refractivity contribution in [3.8, 4) is 5.75 Å². The Bertz CT molecular complexity index is 732. The van der Waals surface area contributed by atoms with E-state index in [0.717, 1.165) is 44.5 Å². The fourth-order valence-corrected chi connectivity index (χ4v) is 4.08. The molecule has 0 aromatic heterocycles. The Balaban J connectivity index is 1.33. The number of aliphatic hydroxyl groups is 1. The minimum Gasteiger partial charge on any atom is -0.491 e. The van der Waals surface area contributed by atoms with Gasteiger partial charge in [-0.1, -0.05) is 42.5 Å². The molecule has 2 aromatic rings. The van der Waals surface area contributed by atoms with Gasteiger partial charge in [0.2, 0.25) is 0 Å². The number of likely N-dealkylation sites (N-methyl/N-ethyl adjacent to an activating group) is 1. The Labute approximate surface area is 187 Å². The number of ether oxygens (including phenoxy) is 2. The lowest BCUT2D eigenvalue weighted by atomic mass is 9.96. The topological polar surface area (TPSA) is 45.2 Å². The largest absolute Gasteiger partial charge is 0.491 e. The second-order valence-electron chi connectivity index (χ2n) is 8.87. The normalized spacial score (nSPS) is 16.0. The van der Waals surface area contributed by atoms with Crippen molar-refractivity contribution in [2.24, 2.45) is 5.92 Å². The molecule has 1 saturated heterocycles. The van der Waals surface area contributed by atoms with E-state index in [1.54, 1.807) is 0 Å². The van der Waals surface area contributed by atoms with Crippen LogP contribution in [-0.4, -0.2) is 68.0 Å². The summed E-state index contributed by atoms with van der Waals surface area (Å²) in [5, 5.41) is 10.3. The second-order valence-corrected chi connectivity index (χ2v) is 8.87. The molecule has 1 atom stereocenters. The summed E-state index contributed by atoms with van der Waals surface area (Å²) in [5.41, 5.74) is 2.52. The summed E-state index contributed by atoms with van der Waals surface area (Å²) in [6.07, 6.45) is 3.13. The quantitative estimate of drug-likeness (QED) is 0.559. The van der Waals surface area contributed by atoms with Crippen LogP contribution in [0.15, 0.2) is 54.6 Å². The maximum Gasteiger partial charge on any atom is 0.119 e. The molecule has 0 aliphatic carbocycles. The van der Waals surface area contributed by atoms with E-state index in [4.69, 9.17) is 9.47 Å². The highest BCUT2D eigenvalue weighted by Gasteiger charge is 2.14. The molecule has 1 heterocycles. The third-order valence-electron chi connectivity index (χ3n) is 5.90. The molecule has 5 heteroatoms. The van der Waals surface area contributed by atoms with Gasteiger partial charge in [0.25, 0.3) is 0 Å². The SMILES string of the molecule is CN(CCC1CCOCC1)Cc1ccc(OC[C@H](O)CN(C)Cc2ccccc2)cc1. The Hall–Kier alpha value is -1.92. The highest BCUT2D eigenvalue weighted by molar-refractivity contribution is 5.27. The lowest BCUT2D eigenvalue weighted by molar-refractivity contribution is 0.0608. The van der Waals surface area contributed by atoms with E-state index < -0.39 is 6.10 Å². The summed E-state index contributed by atoms with van der Waals surface area (Å²) >= 11 is 0. The van der Waals surface area contributed by atoms with E-state index in [0.29, 0.717) is 13.2 Å². The second kappa shape index (κ2) is 12.8. The first-order chi connectivity index (χ1) is 15.1. The smallest absolute Gasteiger partial charge is 0.119 e. The Morgan fingerprint density at radius 3 is 2.29 bits per heavy atom. The van der Waals surface area contributed by atoms with Crippen molar-refractivity contribution in [1.82, 2.24) is 9.80 Å². The van der Waals surface area contributed by atoms with E-state index in [1.165, 1.54) is 30.4 Å². The first-order valence-corrected chi connectivity index (χ1v) is 11.5. The highest BCUT2D eigenvalue weighted by Crippen LogP contribution is 2.19. The zero-order valence-electron chi connectivity index (χ0n) is 19.1. The summed E-state index contributed by atoms with van der Waals surface area (Å²) in [6.45, 7) is 5.59. The molecule has 1 aliphatic rings. The van der Waals surface area contributed by atoms with Gasteiger partial charge in [0.15, 0.2) is 0 Å². The van der Waals surface area contributed by atoms with E-state index >= 15 is 0 Å². The van der Waals surface area contributed by atoms with Crippen LogP contribution in [-0.2, 0) is 17.8 Å². The number of rotatable bonds is 12. The van der Waals surface area contributed by atoms with Crippen molar-refractivity contribution in [3.05, 3.63) is 65.7 Å². The lowest BCUT2D eigenvalue weighted by Crippen LogP contribution is -2.32. The van der Waals surface area contributed by atoms with Crippen molar-refractivity contribution in [3.63, 3.8) is 0 Å². The average molecular weight is 427 g/mol. The summed E-state index contributed by atoms with van der Waals surface area (Å²) in [5.74, 6) is 1.61. The fraction of sp³-hybridized carbons (Fsp3) is 0.538. The van der Waals surface area contributed by atoms with E-state index in [2.05, 4.69) is 41.1 Å². The van der Waals surface area contributed by atoms with Crippen molar-refractivity contribution in [2.45, 2.75) is 38.5 Å². The molecule has 3 rings (SSSR count). The van der Waals surface area contributed by atoms with Gasteiger partial charge in [0.05, 0.1) is 0 Å². The molecule has 1 fully saturated rings. The van der Waals surface area contributed by atoms with E-state index in [9.17, 15) is 5.11 Å². The van der Waals surface area contributed by atoms with Crippen molar-refractivity contribution < 1.29 is 14.6 Å². The Morgan fingerprint density at radius 2 is 1.58 bits per heavy atom. The van der Waals surface area contributed by atoms with Crippen LogP contribution in [0.1, 0.15) is 30.4 Å². The Morgan fingerprint density at radius 1 is 0.935 bits per heavy atom. The van der Waals surface area contributed by atoms with Crippen molar-refractivity contribution in [2.75, 3.05) is 47.0 Å². The molecule has 1 N–H and O–H groups in total. The molecule has 0 radical (unpaired) electrons. The first-order valence-electron chi connectivity index (χ1n) is 11.5. The molecule has 1 aliphatic heterocycles. The molecule has 0 spiro atoms. The molecule has 31 heavy (non-hydrogen) atoms. The van der Waals surface area contributed by atoms with Crippen molar-refractivity contribution in [1.29, 1.82) is 0 Å². The van der Waals surface area contributed by atoms with Crippen LogP contribution in [0.3, 0.4) is 0 Å². The van der Waals surface area contributed by atoms with Gasteiger partial charge in [0, 0.05) is 32.8 Å². The minimum atomic E-state index is -0.523. The van der Waals surface area contributed by atoms with E-state index in [-0.39, 0.29) is 0 Å². The molecular weight excluding hydrogens is 388 g/mol. The number of hydrogen-bond acceptors (Lipinski definition) is 5. The monoisotopic (exact) mass is 426 g/mol. The minimum absolute atomic E-state index is 0.295.